The SMILES string of the molecule is CC(C)=C/C=C\[C@H](C)[C@H]1CC[C@]2(C)C[C@H]3[C@@H]4/C(=C\C=C\12)C(=O)N[C@@H]4C[C@@]3(C)O. The molecule has 152 valence electrons. The van der Waals surface area contributed by atoms with Crippen molar-refractivity contribution in [2.45, 2.75) is 71.9 Å². The highest BCUT2D eigenvalue weighted by Crippen LogP contribution is 2.59. The zero-order valence-electron chi connectivity index (χ0n) is 18.0. The molecular formula is C25H35NO2. The number of amides is 1. The molecule has 2 N–H and O–H groups in total. The van der Waals surface area contributed by atoms with Gasteiger partial charge in [0.15, 0.2) is 0 Å². The first-order valence-corrected chi connectivity index (χ1v) is 10.9. The lowest BCUT2D eigenvalue weighted by atomic mass is 9.67. The Bertz CT molecular complexity index is 795. The zero-order valence-corrected chi connectivity index (χ0v) is 18.0. The van der Waals surface area contributed by atoms with E-state index >= 15 is 0 Å². The molecule has 28 heavy (non-hydrogen) atoms. The molecule has 4 aliphatic rings. The van der Waals surface area contributed by atoms with Gasteiger partial charge in [-0.25, -0.2) is 0 Å². The number of fused-ring (bicyclic) bond motifs is 1. The molecule has 7 atom stereocenters. The van der Waals surface area contributed by atoms with Crippen LogP contribution in [0.25, 0.3) is 0 Å². The van der Waals surface area contributed by atoms with Crippen molar-refractivity contribution in [3.8, 4) is 0 Å². The topological polar surface area (TPSA) is 49.3 Å². The van der Waals surface area contributed by atoms with E-state index in [1.807, 2.05) is 6.92 Å². The highest BCUT2D eigenvalue weighted by atomic mass is 16.3. The Kier molecular flexibility index (Phi) is 4.73. The summed E-state index contributed by atoms with van der Waals surface area (Å²) < 4.78 is 0. The molecule has 4 rings (SSSR count). The molecule has 3 heteroatoms. The van der Waals surface area contributed by atoms with E-state index in [9.17, 15) is 9.90 Å². The van der Waals surface area contributed by atoms with Gasteiger partial charge in [0.2, 0.25) is 5.91 Å². The molecule has 1 amide bonds. The summed E-state index contributed by atoms with van der Waals surface area (Å²) in [6, 6.07) is 0.0976. The van der Waals surface area contributed by atoms with E-state index in [-0.39, 0.29) is 29.2 Å². The molecule has 0 aromatic carbocycles. The summed E-state index contributed by atoms with van der Waals surface area (Å²) in [5, 5.41) is 14.3. The summed E-state index contributed by atoms with van der Waals surface area (Å²) in [5.74, 6) is 1.35. The molecule has 0 aromatic rings. The van der Waals surface area contributed by atoms with Crippen molar-refractivity contribution < 1.29 is 9.90 Å². The fraction of sp³-hybridized carbons (Fsp3) is 0.640. The van der Waals surface area contributed by atoms with E-state index in [1.165, 1.54) is 24.0 Å². The molecular weight excluding hydrogens is 346 g/mol. The van der Waals surface area contributed by atoms with Gasteiger partial charge in [0.25, 0.3) is 0 Å². The highest BCUT2D eigenvalue weighted by molar-refractivity contribution is 5.97. The maximum Gasteiger partial charge on any atom is 0.247 e. The minimum atomic E-state index is -0.708. The number of rotatable bonds is 3. The van der Waals surface area contributed by atoms with Gasteiger partial charge in [-0.1, -0.05) is 55.4 Å². The summed E-state index contributed by atoms with van der Waals surface area (Å²) in [6.45, 7) is 10.9. The molecule has 0 unspecified atom stereocenters. The average Bonchev–Trinajstić information content (AvgIpc) is 3.12. The molecule has 0 spiro atoms. The van der Waals surface area contributed by atoms with Crippen molar-refractivity contribution in [3.05, 3.63) is 47.1 Å². The van der Waals surface area contributed by atoms with Crippen molar-refractivity contribution in [2.24, 2.45) is 29.1 Å². The maximum absolute atomic E-state index is 12.6. The van der Waals surface area contributed by atoms with Gasteiger partial charge in [-0.05, 0) is 69.6 Å². The molecule has 1 aliphatic heterocycles. The minimum absolute atomic E-state index is 0.0713. The van der Waals surface area contributed by atoms with E-state index < -0.39 is 5.60 Å². The van der Waals surface area contributed by atoms with Gasteiger partial charge >= 0.3 is 0 Å². The minimum Gasteiger partial charge on any atom is -0.390 e. The lowest BCUT2D eigenvalue weighted by Gasteiger charge is -2.39. The summed E-state index contributed by atoms with van der Waals surface area (Å²) in [5.41, 5.74) is 3.08. The third kappa shape index (κ3) is 3.12. The van der Waals surface area contributed by atoms with E-state index in [1.54, 1.807) is 0 Å². The smallest absolute Gasteiger partial charge is 0.247 e. The van der Waals surface area contributed by atoms with Crippen LogP contribution in [0, 0.1) is 29.1 Å². The Hall–Kier alpha value is -1.61. The zero-order chi connectivity index (χ0) is 20.3. The Balaban J connectivity index is 1.70. The molecule has 1 saturated heterocycles. The van der Waals surface area contributed by atoms with E-state index in [2.05, 4.69) is 63.4 Å². The second-order valence-corrected chi connectivity index (χ2v) is 10.4. The third-order valence-corrected chi connectivity index (χ3v) is 7.93. The number of carbonyl (C=O) groups excluding carboxylic acids is 1. The van der Waals surface area contributed by atoms with Gasteiger partial charge in [-0.3, -0.25) is 4.79 Å². The maximum atomic E-state index is 12.6. The van der Waals surface area contributed by atoms with Gasteiger partial charge in [0.05, 0.1) is 5.60 Å². The van der Waals surface area contributed by atoms with Gasteiger partial charge in [-0.15, -0.1) is 0 Å². The van der Waals surface area contributed by atoms with Gasteiger partial charge in [0.1, 0.15) is 0 Å². The van der Waals surface area contributed by atoms with Crippen LogP contribution in [-0.4, -0.2) is 22.7 Å². The predicted molar refractivity (Wildman–Crippen MR) is 114 cm³/mol. The number of hydrogen-bond donors (Lipinski definition) is 2. The second-order valence-electron chi connectivity index (χ2n) is 10.4. The van der Waals surface area contributed by atoms with Gasteiger partial charge < -0.3 is 10.4 Å². The summed E-state index contributed by atoms with van der Waals surface area (Å²) in [4.78, 5) is 12.6. The van der Waals surface area contributed by atoms with E-state index in [4.69, 9.17) is 0 Å². The Morgan fingerprint density at radius 1 is 1.29 bits per heavy atom. The molecule has 0 radical (unpaired) electrons. The first kappa shape index (κ1) is 19.7. The largest absolute Gasteiger partial charge is 0.390 e. The molecule has 2 saturated carbocycles. The lowest BCUT2D eigenvalue weighted by molar-refractivity contribution is -0.117. The number of aliphatic hydroxyl groups is 1. The number of allylic oxidation sites excluding steroid dienone is 7. The summed E-state index contributed by atoms with van der Waals surface area (Å²) >= 11 is 0. The first-order valence-electron chi connectivity index (χ1n) is 10.9. The van der Waals surface area contributed by atoms with Crippen LogP contribution in [0.3, 0.4) is 0 Å². The van der Waals surface area contributed by atoms with Crippen LogP contribution in [0.1, 0.15) is 60.3 Å². The Labute approximate surface area is 169 Å². The Morgan fingerprint density at radius 2 is 2.04 bits per heavy atom. The standard InChI is InChI=1S/C25H35NO2/c1-15(2)7-6-8-16(3)17-11-12-24(4)13-20-22-18(9-10-19(17)24)23(27)26-21(22)14-25(20,5)28/h6-10,16-17,20-22,28H,11-14H2,1-5H3,(H,26,27)/b8-6-,18-9+,19-10-/t16-,17+,20-,21+,22-,24+,25+/m0/s1. The molecule has 0 bridgehead atoms. The van der Waals surface area contributed by atoms with Crippen LogP contribution in [0.2, 0.25) is 0 Å². The van der Waals surface area contributed by atoms with Crippen molar-refractivity contribution in [2.75, 3.05) is 0 Å². The highest BCUT2D eigenvalue weighted by Gasteiger charge is 2.58. The van der Waals surface area contributed by atoms with Crippen LogP contribution in [-0.2, 0) is 4.79 Å². The second kappa shape index (κ2) is 6.73. The summed E-state index contributed by atoms with van der Waals surface area (Å²) in [7, 11) is 0. The first-order chi connectivity index (χ1) is 13.1. The quantitative estimate of drug-likeness (QED) is 0.696. The van der Waals surface area contributed by atoms with Crippen LogP contribution in [0.5, 0.6) is 0 Å². The number of carbonyl (C=O) groups is 1. The van der Waals surface area contributed by atoms with Gasteiger partial charge in [0, 0.05) is 17.5 Å². The Morgan fingerprint density at radius 3 is 2.75 bits per heavy atom. The molecule has 3 aliphatic carbocycles. The summed E-state index contributed by atoms with van der Waals surface area (Å²) in [6.07, 6.45) is 15.0. The van der Waals surface area contributed by atoms with Crippen LogP contribution < -0.4 is 5.32 Å². The van der Waals surface area contributed by atoms with Gasteiger partial charge in [-0.2, -0.15) is 0 Å². The van der Waals surface area contributed by atoms with E-state index in [0.29, 0.717) is 18.3 Å². The fourth-order valence-electron chi connectivity index (χ4n) is 6.44. The van der Waals surface area contributed by atoms with Crippen molar-refractivity contribution >= 4 is 5.91 Å². The van der Waals surface area contributed by atoms with Crippen molar-refractivity contribution in [1.29, 1.82) is 0 Å². The predicted octanol–water partition coefficient (Wildman–Crippen LogP) is 4.70. The van der Waals surface area contributed by atoms with Crippen molar-refractivity contribution in [3.63, 3.8) is 0 Å². The van der Waals surface area contributed by atoms with Crippen LogP contribution in [0.15, 0.2) is 47.1 Å². The monoisotopic (exact) mass is 381 g/mol. The van der Waals surface area contributed by atoms with E-state index in [0.717, 1.165) is 12.0 Å². The number of hydrogen-bond acceptors (Lipinski definition) is 2. The third-order valence-electron chi connectivity index (χ3n) is 7.93. The number of nitrogens with one attached hydrogen (secondary N) is 1. The molecule has 3 nitrogen and oxygen atoms in total. The molecule has 1 heterocycles. The molecule has 0 aromatic heterocycles. The van der Waals surface area contributed by atoms with Crippen LogP contribution in [0.4, 0.5) is 0 Å². The average molecular weight is 382 g/mol. The molecule has 3 fully saturated rings. The normalized spacial score (nSPS) is 46.6. The van der Waals surface area contributed by atoms with Crippen molar-refractivity contribution in [1.82, 2.24) is 5.32 Å². The van der Waals surface area contributed by atoms with Crippen LogP contribution >= 0.6 is 0 Å². The fourth-order valence-corrected chi connectivity index (χ4v) is 6.44. The lowest BCUT2D eigenvalue weighted by Crippen LogP contribution is -2.38.